The third-order valence-electron chi connectivity index (χ3n) is 7.25. The van der Waals surface area contributed by atoms with E-state index in [0.717, 1.165) is 48.6 Å². The summed E-state index contributed by atoms with van der Waals surface area (Å²) in [7, 11) is 0. The van der Waals surface area contributed by atoms with Gasteiger partial charge in [0.05, 0.1) is 33.3 Å². The van der Waals surface area contributed by atoms with Gasteiger partial charge in [0.1, 0.15) is 11.5 Å². The fourth-order valence-electron chi connectivity index (χ4n) is 5.20. The van der Waals surface area contributed by atoms with Crippen molar-refractivity contribution in [2.75, 3.05) is 0 Å². The van der Waals surface area contributed by atoms with Gasteiger partial charge in [0.15, 0.2) is 11.8 Å². The number of alkyl halides is 6. The molecule has 0 fully saturated rings. The van der Waals surface area contributed by atoms with E-state index in [9.17, 15) is 57.1 Å². The molecule has 45 heavy (non-hydrogen) atoms. The highest BCUT2D eigenvalue weighted by Gasteiger charge is 2.59. The average molecular weight is 671 g/mol. The standard InChI is InChI=1S/C28H14Cl2F6N4O5/c29-23-19(13-37)25(39(41)42,15-5-1-3-7-17(15)27(31,32)33)11-9-21(23)45-22-10-12-26(40(43)44,20(14-38)24(22)30)16-6-2-4-8-18(16)28(34,35)36/h1-12,19-20H. The van der Waals surface area contributed by atoms with E-state index in [4.69, 9.17) is 27.9 Å². The van der Waals surface area contributed by atoms with E-state index in [1.807, 2.05) is 0 Å². The summed E-state index contributed by atoms with van der Waals surface area (Å²) in [5.74, 6) is -5.37. The second-order valence-electron chi connectivity index (χ2n) is 9.57. The van der Waals surface area contributed by atoms with Crippen LogP contribution in [0.4, 0.5) is 26.3 Å². The minimum Gasteiger partial charge on any atom is -0.455 e. The van der Waals surface area contributed by atoms with Crippen molar-refractivity contribution in [3.05, 3.63) is 137 Å². The van der Waals surface area contributed by atoms with Crippen molar-refractivity contribution in [3.63, 3.8) is 0 Å². The SMILES string of the molecule is N#CC1C(Cl)=C(OC2=C(Cl)C(C#N)C(c3ccccc3C(F)(F)F)([N+](=O)[O-])C=C2)C=CC1(c1ccccc1C(F)(F)F)[N+](=O)[O-]. The van der Waals surface area contributed by atoms with Gasteiger partial charge in [-0.25, -0.2) is 0 Å². The van der Waals surface area contributed by atoms with E-state index < -0.39 is 88.9 Å². The Morgan fingerprint density at radius 2 is 1.04 bits per heavy atom. The maximum Gasteiger partial charge on any atom is 0.416 e. The number of ether oxygens (including phenoxy) is 1. The van der Waals surface area contributed by atoms with Crippen molar-refractivity contribution in [3.8, 4) is 12.1 Å². The van der Waals surface area contributed by atoms with Gasteiger partial charge in [0.25, 0.3) is 11.1 Å². The van der Waals surface area contributed by atoms with Gasteiger partial charge >= 0.3 is 12.4 Å². The smallest absolute Gasteiger partial charge is 0.416 e. The van der Waals surface area contributed by atoms with E-state index in [2.05, 4.69) is 0 Å². The van der Waals surface area contributed by atoms with Crippen LogP contribution in [0.5, 0.6) is 0 Å². The number of hydrogen-bond acceptors (Lipinski definition) is 7. The van der Waals surface area contributed by atoms with Crippen molar-refractivity contribution in [1.82, 2.24) is 0 Å². The fraction of sp³-hybridized carbons (Fsp3) is 0.214. The Kier molecular flexibility index (Phi) is 8.50. The Labute approximate surface area is 258 Å². The zero-order chi connectivity index (χ0) is 33.5. The monoisotopic (exact) mass is 670 g/mol. The van der Waals surface area contributed by atoms with Crippen molar-refractivity contribution in [2.45, 2.75) is 23.4 Å². The summed E-state index contributed by atoms with van der Waals surface area (Å²) in [5.41, 5.74) is -10.3. The summed E-state index contributed by atoms with van der Waals surface area (Å²) < 4.78 is 88.6. The average Bonchev–Trinajstić information content (AvgIpc) is 2.97. The molecule has 2 aromatic carbocycles. The normalized spacial score (nSPS) is 25.0. The van der Waals surface area contributed by atoms with Gasteiger partial charge in [-0.2, -0.15) is 36.9 Å². The number of halogens is 8. The van der Waals surface area contributed by atoms with E-state index in [1.165, 1.54) is 12.1 Å². The first-order valence-electron chi connectivity index (χ1n) is 12.3. The summed E-state index contributed by atoms with van der Waals surface area (Å²) in [6, 6.07) is 10.0. The van der Waals surface area contributed by atoms with Crippen LogP contribution in [0, 0.1) is 54.7 Å². The molecular formula is C28H14Cl2F6N4O5. The minimum atomic E-state index is -5.06. The molecule has 0 aliphatic heterocycles. The Morgan fingerprint density at radius 3 is 1.33 bits per heavy atom. The predicted molar refractivity (Wildman–Crippen MR) is 144 cm³/mol. The summed E-state index contributed by atoms with van der Waals surface area (Å²) in [5, 5.41) is 43.0. The van der Waals surface area contributed by atoms with Crippen LogP contribution in [0.25, 0.3) is 0 Å². The quantitative estimate of drug-likeness (QED) is 0.174. The summed E-state index contributed by atoms with van der Waals surface area (Å²) in [4.78, 5) is 22.5. The van der Waals surface area contributed by atoms with Gasteiger partial charge in [0, 0.05) is 33.1 Å². The second-order valence-corrected chi connectivity index (χ2v) is 10.4. The third-order valence-corrected chi connectivity index (χ3v) is 8.05. The van der Waals surface area contributed by atoms with E-state index in [1.54, 1.807) is 0 Å². The van der Waals surface area contributed by atoms with Crippen molar-refractivity contribution >= 4 is 23.2 Å². The Bertz CT molecular complexity index is 1680. The molecular weight excluding hydrogens is 657 g/mol. The van der Waals surface area contributed by atoms with Crippen LogP contribution in [-0.4, -0.2) is 9.85 Å². The molecule has 0 spiro atoms. The molecule has 0 radical (unpaired) electrons. The molecule has 0 saturated heterocycles. The molecule has 4 rings (SSSR count). The van der Waals surface area contributed by atoms with Crippen molar-refractivity contribution < 1.29 is 40.9 Å². The van der Waals surface area contributed by atoms with E-state index in [-0.39, 0.29) is 0 Å². The largest absolute Gasteiger partial charge is 0.455 e. The first-order valence-corrected chi connectivity index (χ1v) is 13.0. The highest BCUT2D eigenvalue weighted by Crippen LogP contribution is 2.51. The van der Waals surface area contributed by atoms with Crippen LogP contribution in [0.3, 0.4) is 0 Å². The topological polar surface area (TPSA) is 143 Å². The lowest BCUT2D eigenvalue weighted by Crippen LogP contribution is -2.44. The number of nitro groups is 2. The lowest BCUT2D eigenvalue weighted by Gasteiger charge is -2.33. The molecule has 4 unspecified atom stereocenters. The molecule has 0 N–H and O–H groups in total. The highest BCUT2D eigenvalue weighted by atomic mass is 35.5. The predicted octanol–water partition coefficient (Wildman–Crippen LogP) is 7.70. The molecule has 0 saturated carbocycles. The number of nitriles is 2. The fourth-order valence-corrected chi connectivity index (χ4v) is 5.83. The zero-order valence-corrected chi connectivity index (χ0v) is 23.4. The lowest BCUT2D eigenvalue weighted by atomic mass is 9.73. The van der Waals surface area contributed by atoms with Gasteiger partial charge in [-0.05, 0) is 24.3 Å². The van der Waals surface area contributed by atoms with Gasteiger partial charge < -0.3 is 4.74 Å². The highest BCUT2D eigenvalue weighted by molar-refractivity contribution is 6.31. The number of allylic oxidation sites excluding steroid dienone is 2. The molecule has 2 aromatic rings. The first-order chi connectivity index (χ1) is 21.0. The first kappa shape index (κ1) is 33.0. The summed E-state index contributed by atoms with van der Waals surface area (Å²) >= 11 is 12.6. The Morgan fingerprint density at radius 1 is 0.711 bits per heavy atom. The van der Waals surface area contributed by atoms with Gasteiger partial charge in [-0.1, -0.05) is 59.6 Å². The summed E-state index contributed by atoms with van der Waals surface area (Å²) in [6.45, 7) is 0. The molecule has 2 aliphatic carbocycles. The van der Waals surface area contributed by atoms with E-state index >= 15 is 0 Å². The number of hydrogen-bond donors (Lipinski definition) is 0. The molecule has 0 heterocycles. The zero-order valence-electron chi connectivity index (χ0n) is 21.9. The number of benzene rings is 2. The van der Waals surface area contributed by atoms with Crippen LogP contribution in [-0.2, 0) is 28.2 Å². The molecule has 232 valence electrons. The van der Waals surface area contributed by atoms with Crippen LogP contribution < -0.4 is 0 Å². The third kappa shape index (κ3) is 5.28. The lowest BCUT2D eigenvalue weighted by molar-refractivity contribution is -0.570. The molecule has 9 nitrogen and oxygen atoms in total. The van der Waals surface area contributed by atoms with Gasteiger partial charge in [-0.15, -0.1) is 0 Å². The van der Waals surface area contributed by atoms with E-state index in [0.29, 0.717) is 24.3 Å². The van der Waals surface area contributed by atoms with Crippen molar-refractivity contribution in [2.24, 2.45) is 11.8 Å². The molecule has 2 aliphatic rings. The molecule has 0 aromatic heterocycles. The van der Waals surface area contributed by atoms with Gasteiger partial charge in [0.2, 0.25) is 0 Å². The summed E-state index contributed by atoms with van der Waals surface area (Å²) in [6.07, 6.45) is -7.26. The van der Waals surface area contributed by atoms with Gasteiger partial charge in [-0.3, -0.25) is 20.2 Å². The van der Waals surface area contributed by atoms with Crippen LogP contribution in [0.15, 0.2) is 94.4 Å². The molecule has 0 bridgehead atoms. The molecule has 4 atom stereocenters. The Hall–Kier alpha value is -4.86. The maximum atomic E-state index is 13.8. The molecule has 0 amide bonds. The Balaban J connectivity index is 1.83. The van der Waals surface area contributed by atoms with Crippen LogP contribution >= 0.6 is 23.2 Å². The number of rotatable bonds is 6. The van der Waals surface area contributed by atoms with Crippen LogP contribution in [0.2, 0.25) is 0 Å². The van der Waals surface area contributed by atoms with Crippen LogP contribution in [0.1, 0.15) is 22.3 Å². The van der Waals surface area contributed by atoms with Crippen molar-refractivity contribution in [1.29, 1.82) is 10.5 Å². The molecule has 17 heteroatoms. The second kappa shape index (κ2) is 11.6. The number of nitrogens with zero attached hydrogens (tertiary/aromatic N) is 4. The maximum absolute atomic E-state index is 13.8. The minimum absolute atomic E-state index is 0.566.